The van der Waals surface area contributed by atoms with Crippen LogP contribution in [0.2, 0.25) is 0 Å². The van der Waals surface area contributed by atoms with Crippen molar-refractivity contribution in [3.05, 3.63) is 35.4 Å². The van der Waals surface area contributed by atoms with Crippen molar-refractivity contribution >= 4 is 6.29 Å². The molecular formula is C11H15NO. The van der Waals surface area contributed by atoms with Crippen molar-refractivity contribution in [1.29, 1.82) is 0 Å². The predicted octanol–water partition coefficient (Wildman–Crippen LogP) is 1.33. The maximum atomic E-state index is 10.00. The summed E-state index contributed by atoms with van der Waals surface area (Å²) >= 11 is 0. The molecule has 1 aromatic rings. The summed E-state index contributed by atoms with van der Waals surface area (Å²) in [5.74, 6) is 0. The zero-order valence-electron chi connectivity index (χ0n) is 7.92. The highest BCUT2D eigenvalue weighted by molar-refractivity contribution is 5.51. The van der Waals surface area contributed by atoms with Crippen LogP contribution in [0.4, 0.5) is 0 Å². The molecule has 0 atom stereocenters. The zero-order valence-corrected chi connectivity index (χ0v) is 7.92. The lowest BCUT2D eigenvalue weighted by molar-refractivity contribution is -0.107. The van der Waals surface area contributed by atoms with Gasteiger partial charge in [-0.1, -0.05) is 29.8 Å². The van der Waals surface area contributed by atoms with Gasteiger partial charge >= 0.3 is 0 Å². The van der Waals surface area contributed by atoms with Crippen LogP contribution in [0.5, 0.6) is 0 Å². The second-order valence-corrected chi connectivity index (χ2v) is 3.11. The quantitative estimate of drug-likeness (QED) is 0.543. The molecule has 0 aliphatic heterocycles. The molecule has 0 spiro atoms. The van der Waals surface area contributed by atoms with Gasteiger partial charge in [0, 0.05) is 0 Å². The molecule has 0 radical (unpaired) electrons. The molecule has 0 aliphatic carbocycles. The number of rotatable bonds is 5. The first-order chi connectivity index (χ1) is 6.33. The number of carbonyl (C=O) groups excluding carboxylic acids is 1. The zero-order chi connectivity index (χ0) is 9.52. The SMILES string of the molecule is Cc1ccc(CCNCC=O)cc1. The largest absolute Gasteiger partial charge is 0.310 e. The Labute approximate surface area is 79.0 Å². The Morgan fingerprint density at radius 2 is 2.00 bits per heavy atom. The Morgan fingerprint density at radius 3 is 2.62 bits per heavy atom. The van der Waals surface area contributed by atoms with Crippen molar-refractivity contribution in [2.45, 2.75) is 13.3 Å². The Balaban J connectivity index is 2.28. The molecule has 1 N–H and O–H groups in total. The van der Waals surface area contributed by atoms with Gasteiger partial charge in [0.1, 0.15) is 6.29 Å². The fraction of sp³-hybridized carbons (Fsp3) is 0.364. The summed E-state index contributed by atoms with van der Waals surface area (Å²) in [7, 11) is 0. The number of benzene rings is 1. The van der Waals surface area contributed by atoms with Crippen molar-refractivity contribution in [2.24, 2.45) is 0 Å². The van der Waals surface area contributed by atoms with Crippen molar-refractivity contribution in [2.75, 3.05) is 13.1 Å². The Morgan fingerprint density at radius 1 is 1.31 bits per heavy atom. The first kappa shape index (κ1) is 9.93. The summed E-state index contributed by atoms with van der Waals surface area (Å²) in [5, 5.41) is 3.03. The minimum atomic E-state index is 0.450. The van der Waals surface area contributed by atoms with Gasteiger partial charge in [-0.2, -0.15) is 0 Å². The van der Waals surface area contributed by atoms with Crippen molar-refractivity contribution in [1.82, 2.24) is 5.32 Å². The monoisotopic (exact) mass is 177 g/mol. The maximum absolute atomic E-state index is 10.00. The highest BCUT2D eigenvalue weighted by Gasteiger charge is 1.91. The number of aryl methyl sites for hydroxylation is 1. The highest BCUT2D eigenvalue weighted by atomic mass is 16.1. The van der Waals surface area contributed by atoms with Gasteiger partial charge in [-0.15, -0.1) is 0 Å². The van der Waals surface area contributed by atoms with Gasteiger partial charge in [0.25, 0.3) is 0 Å². The Bertz CT molecular complexity index is 253. The van der Waals surface area contributed by atoms with E-state index in [1.165, 1.54) is 11.1 Å². The van der Waals surface area contributed by atoms with E-state index >= 15 is 0 Å². The fourth-order valence-electron chi connectivity index (χ4n) is 1.15. The summed E-state index contributed by atoms with van der Waals surface area (Å²) in [6.07, 6.45) is 1.86. The maximum Gasteiger partial charge on any atom is 0.133 e. The van der Waals surface area contributed by atoms with Crippen LogP contribution in [0.15, 0.2) is 24.3 Å². The predicted molar refractivity (Wildman–Crippen MR) is 53.8 cm³/mol. The van der Waals surface area contributed by atoms with Gasteiger partial charge in [-0.05, 0) is 25.5 Å². The van der Waals surface area contributed by atoms with Crippen LogP contribution in [0.25, 0.3) is 0 Å². The molecule has 1 aromatic carbocycles. The summed E-state index contributed by atoms with van der Waals surface area (Å²) in [5.41, 5.74) is 2.59. The third-order valence-electron chi connectivity index (χ3n) is 1.94. The lowest BCUT2D eigenvalue weighted by Gasteiger charge is -2.01. The van der Waals surface area contributed by atoms with Crippen LogP contribution < -0.4 is 5.32 Å². The minimum Gasteiger partial charge on any atom is -0.310 e. The second kappa shape index (κ2) is 5.49. The van der Waals surface area contributed by atoms with Crippen LogP contribution in [0.3, 0.4) is 0 Å². The van der Waals surface area contributed by atoms with Crippen molar-refractivity contribution in [3.8, 4) is 0 Å². The summed E-state index contributed by atoms with van der Waals surface area (Å²) in [6, 6.07) is 8.46. The molecule has 0 aromatic heterocycles. The van der Waals surface area contributed by atoms with E-state index in [0.29, 0.717) is 6.54 Å². The van der Waals surface area contributed by atoms with E-state index in [-0.39, 0.29) is 0 Å². The standard InChI is InChI=1S/C11H15NO/c1-10-2-4-11(5-3-10)6-7-12-8-9-13/h2-5,9,12H,6-8H2,1H3. The molecule has 0 heterocycles. The topological polar surface area (TPSA) is 29.1 Å². The lowest BCUT2D eigenvalue weighted by atomic mass is 10.1. The van der Waals surface area contributed by atoms with E-state index in [4.69, 9.17) is 0 Å². The van der Waals surface area contributed by atoms with E-state index < -0.39 is 0 Å². The van der Waals surface area contributed by atoms with Gasteiger partial charge in [-0.25, -0.2) is 0 Å². The minimum absolute atomic E-state index is 0.450. The number of nitrogens with one attached hydrogen (secondary N) is 1. The molecule has 0 amide bonds. The molecule has 2 nitrogen and oxygen atoms in total. The van der Waals surface area contributed by atoms with E-state index in [1.807, 2.05) is 0 Å². The molecule has 13 heavy (non-hydrogen) atoms. The molecule has 0 fully saturated rings. The van der Waals surface area contributed by atoms with Crippen molar-refractivity contribution < 1.29 is 4.79 Å². The average molecular weight is 177 g/mol. The fourth-order valence-corrected chi connectivity index (χ4v) is 1.15. The van der Waals surface area contributed by atoms with Crippen molar-refractivity contribution in [3.63, 3.8) is 0 Å². The van der Waals surface area contributed by atoms with Crippen LogP contribution in [-0.2, 0) is 11.2 Å². The van der Waals surface area contributed by atoms with E-state index in [2.05, 4.69) is 36.5 Å². The lowest BCUT2D eigenvalue weighted by Crippen LogP contribution is -2.19. The van der Waals surface area contributed by atoms with Gasteiger partial charge in [0.05, 0.1) is 6.54 Å². The Hall–Kier alpha value is -1.15. The third kappa shape index (κ3) is 3.85. The molecule has 2 heteroatoms. The Kier molecular flexibility index (Phi) is 4.19. The summed E-state index contributed by atoms with van der Waals surface area (Å²) in [4.78, 5) is 10.00. The van der Waals surface area contributed by atoms with E-state index in [0.717, 1.165) is 19.3 Å². The number of carbonyl (C=O) groups is 1. The second-order valence-electron chi connectivity index (χ2n) is 3.11. The molecule has 0 aliphatic rings. The molecular weight excluding hydrogens is 162 g/mol. The first-order valence-corrected chi connectivity index (χ1v) is 4.53. The normalized spacial score (nSPS) is 9.92. The third-order valence-corrected chi connectivity index (χ3v) is 1.94. The molecule has 0 saturated carbocycles. The van der Waals surface area contributed by atoms with Gasteiger partial charge in [0.15, 0.2) is 0 Å². The highest BCUT2D eigenvalue weighted by Crippen LogP contribution is 2.02. The van der Waals surface area contributed by atoms with Crippen LogP contribution in [0.1, 0.15) is 11.1 Å². The van der Waals surface area contributed by atoms with Crippen LogP contribution >= 0.6 is 0 Å². The molecule has 0 unspecified atom stereocenters. The van der Waals surface area contributed by atoms with Gasteiger partial charge in [0.2, 0.25) is 0 Å². The summed E-state index contributed by atoms with van der Waals surface area (Å²) < 4.78 is 0. The molecule has 1 rings (SSSR count). The van der Waals surface area contributed by atoms with Gasteiger partial charge < -0.3 is 10.1 Å². The van der Waals surface area contributed by atoms with Gasteiger partial charge in [-0.3, -0.25) is 0 Å². The number of hydrogen-bond acceptors (Lipinski definition) is 2. The smallest absolute Gasteiger partial charge is 0.133 e. The molecule has 0 saturated heterocycles. The van der Waals surface area contributed by atoms with E-state index in [1.54, 1.807) is 0 Å². The van der Waals surface area contributed by atoms with E-state index in [9.17, 15) is 4.79 Å². The summed E-state index contributed by atoms with van der Waals surface area (Å²) in [6.45, 7) is 3.39. The number of aldehydes is 1. The molecule has 0 bridgehead atoms. The first-order valence-electron chi connectivity index (χ1n) is 4.53. The average Bonchev–Trinajstić information content (AvgIpc) is 2.15. The molecule has 70 valence electrons. The van der Waals surface area contributed by atoms with Crippen LogP contribution in [-0.4, -0.2) is 19.4 Å². The van der Waals surface area contributed by atoms with Crippen LogP contribution in [0, 0.1) is 6.92 Å². The number of hydrogen-bond donors (Lipinski definition) is 1.